The Morgan fingerprint density at radius 3 is 2.19 bits per heavy atom. The number of aromatic amines is 1. The van der Waals surface area contributed by atoms with Crippen molar-refractivity contribution in [3.05, 3.63) is 65.6 Å². The number of rotatable bonds is 4. The summed E-state index contributed by atoms with van der Waals surface area (Å²) in [4.78, 5) is 3.31. The van der Waals surface area contributed by atoms with Crippen LogP contribution in [0.3, 0.4) is 0 Å². The van der Waals surface area contributed by atoms with Gasteiger partial charge in [-0.1, -0.05) is 52.0 Å². The summed E-state index contributed by atoms with van der Waals surface area (Å²) in [7, 11) is 0. The Balaban J connectivity index is 0.000000552. The fourth-order valence-electron chi connectivity index (χ4n) is 3.54. The highest BCUT2D eigenvalue weighted by Gasteiger charge is 2.33. The number of hydrogen-bond acceptors (Lipinski definition) is 2. The Morgan fingerprint density at radius 1 is 1.08 bits per heavy atom. The molecule has 0 saturated heterocycles. The van der Waals surface area contributed by atoms with Crippen LogP contribution < -0.4 is 5.73 Å². The number of hydrogen-bond donors (Lipinski definition) is 3. The third-order valence-electron chi connectivity index (χ3n) is 4.87. The third kappa shape index (κ3) is 4.07. The van der Waals surface area contributed by atoms with Crippen molar-refractivity contribution >= 4 is 29.2 Å². The van der Waals surface area contributed by atoms with Gasteiger partial charge < -0.3 is 10.7 Å². The van der Waals surface area contributed by atoms with Gasteiger partial charge in [-0.05, 0) is 47.4 Å². The fraction of sp³-hybridized carbons (Fsp3) is 0.364. The Hall–Kier alpha value is -1.94. The minimum atomic E-state index is -0.201. The van der Waals surface area contributed by atoms with Gasteiger partial charge in [-0.2, -0.15) is 12.6 Å². The predicted molar refractivity (Wildman–Crippen MR) is 115 cm³/mol. The number of para-hydroxylation sites is 1. The van der Waals surface area contributed by atoms with Crippen LogP contribution in [0.5, 0.6) is 0 Å². The number of nitrogens with two attached hydrogens (primary N) is 1. The molecule has 3 N–H and O–H groups in total. The quantitative estimate of drug-likeness (QED) is 0.364. The third-order valence-corrected chi connectivity index (χ3v) is 4.87. The van der Waals surface area contributed by atoms with Crippen molar-refractivity contribution in [2.45, 2.75) is 51.2 Å². The normalized spacial score (nSPS) is 11.5. The van der Waals surface area contributed by atoms with Gasteiger partial charge in [0, 0.05) is 17.0 Å². The molecule has 0 radical (unpaired) electrons. The van der Waals surface area contributed by atoms with Crippen molar-refractivity contribution in [2.75, 3.05) is 5.73 Å². The lowest BCUT2D eigenvalue weighted by atomic mass is 9.70. The van der Waals surface area contributed by atoms with Gasteiger partial charge in [0.1, 0.15) is 5.82 Å². The lowest BCUT2D eigenvalue weighted by molar-refractivity contribution is 0.481. The lowest BCUT2D eigenvalue weighted by Gasteiger charge is -2.32. The lowest BCUT2D eigenvalue weighted by Crippen LogP contribution is -2.25. The number of benzene rings is 2. The van der Waals surface area contributed by atoms with Crippen molar-refractivity contribution in [1.82, 2.24) is 4.98 Å². The van der Waals surface area contributed by atoms with E-state index in [2.05, 4.69) is 43.7 Å². The van der Waals surface area contributed by atoms with E-state index in [0.717, 1.165) is 35.0 Å². The summed E-state index contributed by atoms with van der Waals surface area (Å²) in [5.41, 5.74) is 10.0. The maximum Gasteiger partial charge on any atom is 0.123 e. The Kier molecular flexibility index (Phi) is 6.76. The van der Waals surface area contributed by atoms with Crippen LogP contribution in [-0.4, -0.2) is 10.2 Å². The van der Waals surface area contributed by atoms with Crippen LogP contribution in [0.1, 0.15) is 51.7 Å². The zero-order chi connectivity index (χ0) is 19.3. The zero-order valence-corrected chi connectivity index (χ0v) is 16.9. The Bertz CT molecular complexity index is 830. The van der Waals surface area contributed by atoms with Gasteiger partial charge in [-0.3, -0.25) is 0 Å². The molecule has 0 amide bonds. The van der Waals surface area contributed by atoms with Crippen molar-refractivity contribution in [2.24, 2.45) is 0 Å². The number of thiol groups is 1. The molecule has 0 aliphatic heterocycles. The van der Waals surface area contributed by atoms with Crippen LogP contribution in [0.2, 0.25) is 0 Å². The summed E-state index contributed by atoms with van der Waals surface area (Å²) in [5.74, 6) is -0.201. The summed E-state index contributed by atoms with van der Waals surface area (Å²) in [6, 6.07) is 12.9. The van der Waals surface area contributed by atoms with E-state index in [-0.39, 0.29) is 11.2 Å². The first-order valence-corrected chi connectivity index (χ1v) is 9.67. The smallest absolute Gasteiger partial charge is 0.123 e. The second-order valence-electron chi connectivity index (χ2n) is 6.86. The molecule has 0 fully saturated rings. The molecule has 2 nitrogen and oxygen atoms in total. The van der Waals surface area contributed by atoms with Crippen molar-refractivity contribution in [1.29, 1.82) is 0 Å². The molecular weight excluding hydrogens is 343 g/mol. The van der Waals surface area contributed by atoms with Gasteiger partial charge in [0.2, 0.25) is 0 Å². The maximum absolute atomic E-state index is 13.3. The molecule has 0 spiro atoms. The Morgan fingerprint density at radius 2 is 1.65 bits per heavy atom. The molecule has 0 aliphatic carbocycles. The molecule has 3 aromatic rings. The first kappa shape index (κ1) is 20.4. The molecule has 0 unspecified atom stereocenters. The van der Waals surface area contributed by atoms with E-state index in [1.54, 1.807) is 12.1 Å². The van der Waals surface area contributed by atoms with E-state index in [4.69, 9.17) is 5.73 Å². The molecule has 26 heavy (non-hydrogen) atoms. The molecular formula is C22H29FN2S. The highest BCUT2D eigenvalue weighted by atomic mass is 32.1. The molecule has 3 rings (SSSR count). The van der Waals surface area contributed by atoms with Crippen molar-refractivity contribution in [3.63, 3.8) is 0 Å². The number of nitrogen functional groups attached to an aromatic ring is 1. The highest BCUT2D eigenvalue weighted by molar-refractivity contribution is 7.80. The van der Waals surface area contributed by atoms with Crippen LogP contribution >= 0.6 is 12.6 Å². The van der Waals surface area contributed by atoms with Crippen LogP contribution in [0, 0.1) is 5.82 Å². The average molecular weight is 373 g/mol. The molecule has 140 valence electrons. The molecule has 0 aliphatic rings. The molecule has 2 aromatic carbocycles. The maximum atomic E-state index is 13.3. The minimum absolute atomic E-state index is 0.139. The second kappa shape index (κ2) is 8.63. The van der Waals surface area contributed by atoms with Crippen molar-refractivity contribution < 1.29 is 4.39 Å². The highest BCUT2D eigenvalue weighted by Crippen LogP contribution is 2.42. The van der Waals surface area contributed by atoms with E-state index >= 15 is 0 Å². The van der Waals surface area contributed by atoms with E-state index in [9.17, 15) is 4.39 Å². The molecule has 1 aromatic heterocycles. The van der Waals surface area contributed by atoms with Gasteiger partial charge in [0.25, 0.3) is 0 Å². The Labute approximate surface area is 161 Å². The van der Waals surface area contributed by atoms with Crippen LogP contribution in [0.15, 0.2) is 48.7 Å². The largest absolute Gasteiger partial charge is 0.397 e. The van der Waals surface area contributed by atoms with Crippen LogP contribution in [-0.2, 0) is 5.41 Å². The molecule has 0 bridgehead atoms. The monoisotopic (exact) mass is 372 g/mol. The number of aromatic nitrogens is 1. The van der Waals surface area contributed by atoms with Crippen LogP contribution in [0.4, 0.5) is 10.1 Å². The van der Waals surface area contributed by atoms with Crippen LogP contribution in [0.25, 0.3) is 10.9 Å². The molecule has 0 atom stereocenters. The van der Waals surface area contributed by atoms with Gasteiger partial charge >= 0.3 is 0 Å². The summed E-state index contributed by atoms with van der Waals surface area (Å²) in [6.07, 6.45) is 3.94. The number of anilines is 1. The summed E-state index contributed by atoms with van der Waals surface area (Å²) < 4.78 is 13.3. The number of fused-ring (bicyclic) bond motifs is 1. The topological polar surface area (TPSA) is 41.8 Å². The number of halogens is 1. The average Bonchev–Trinajstić information content (AvgIpc) is 3.04. The zero-order valence-electron chi connectivity index (χ0n) is 16.0. The SMILES string of the molecule is CC(C)S.CCC(CC)(c1ccc(F)cc1)c1c[nH]c2c(N)cccc12. The first-order valence-electron chi connectivity index (χ1n) is 9.15. The molecule has 0 saturated carbocycles. The summed E-state index contributed by atoms with van der Waals surface area (Å²) in [5, 5.41) is 1.67. The van der Waals surface area contributed by atoms with E-state index in [1.165, 1.54) is 5.56 Å². The van der Waals surface area contributed by atoms with E-state index < -0.39 is 0 Å². The predicted octanol–water partition coefficient (Wildman–Crippen LogP) is 6.32. The summed E-state index contributed by atoms with van der Waals surface area (Å²) >= 11 is 3.97. The van der Waals surface area contributed by atoms with E-state index in [1.807, 2.05) is 38.1 Å². The molecule has 1 heterocycles. The van der Waals surface area contributed by atoms with E-state index in [0.29, 0.717) is 5.25 Å². The van der Waals surface area contributed by atoms with Gasteiger partial charge in [0.05, 0.1) is 11.2 Å². The van der Waals surface area contributed by atoms with Crippen molar-refractivity contribution in [3.8, 4) is 0 Å². The fourth-order valence-corrected chi connectivity index (χ4v) is 3.54. The van der Waals surface area contributed by atoms with Gasteiger partial charge in [0.15, 0.2) is 0 Å². The number of nitrogens with one attached hydrogen (secondary N) is 1. The molecule has 4 heteroatoms. The van der Waals surface area contributed by atoms with Gasteiger partial charge in [-0.25, -0.2) is 4.39 Å². The second-order valence-corrected chi connectivity index (χ2v) is 7.89. The van der Waals surface area contributed by atoms with Gasteiger partial charge in [-0.15, -0.1) is 0 Å². The minimum Gasteiger partial charge on any atom is -0.397 e. The number of H-pyrrole nitrogens is 1. The standard InChI is InChI=1S/C19H21FN2.C3H8S/c1-3-19(4-2,13-8-10-14(20)11-9-13)16-12-22-18-15(16)6-5-7-17(18)21;1-3(2)4/h5-12,22H,3-4,21H2,1-2H3;3-4H,1-2H3. The first-order chi connectivity index (χ1) is 12.4. The summed E-state index contributed by atoms with van der Waals surface area (Å²) in [6.45, 7) is 8.42.